The molecule has 0 spiro atoms. The summed E-state index contributed by atoms with van der Waals surface area (Å²) < 4.78 is 0. The first kappa shape index (κ1) is 22.1. The molecule has 2 unspecified atom stereocenters. The van der Waals surface area contributed by atoms with Gasteiger partial charge in [-0.1, -0.05) is 25.5 Å². The Bertz CT molecular complexity index is 566. The number of carbonyl (C=O) groups excluding carboxylic acids is 2. The minimum atomic E-state index is -1.05. The summed E-state index contributed by atoms with van der Waals surface area (Å²) in [5, 5.41) is 27.4. The van der Waals surface area contributed by atoms with Crippen LogP contribution in [-0.2, 0) is 11.3 Å². The Morgan fingerprint density at radius 3 is 2.42 bits per heavy atom. The van der Waals surface area contributed by atoms with Gasteiger partial charge < -0.3 is 26.0 Å². The van der Waals surface area contributed by atoms with Crippen LogP contribution in [0.5, 0.6) is 0 Å². The minimum Gasteiger partial charge on any atom is -0.437 e. The van der Waals surface area contributed by atoms with E-state index in [0.29, 0.717) is 18.7 Å². The number of nitrogens with one attached hydrogen (secondary N) is 3. The fourth-order valence-corrected chi connectivity index (χ4v) is 2.53. The second-order valence-electron chi connectivity index (χ2n) is 6.54. The zero-order valence-corrected chi connectivity index (χ0v) is 15.8. The lowest BCUT2D eigenvalue weighted by Gasteiger charge is -2.18. The Morgan fingerprint density at radius 1 is 1.19 bits per heavy atom. The van der Waals surface area contributed by atoms with E-state index < -0.39 is 19.1 Å². The van der Waals surface area contributed by atoms with Gasteiger partial charge in [0.25, 0.3) is 5.91 Å². The largest absolute Gasteiger partial charge is 0.437 e. The van der Waals surface area contributed by atoms with Crippen LogP contribution in [-0.4, -0.2) is 48.7 Å². The predicted molar refractivity (Wildman–Crippen MR) is 103 cm³/mol. The Hall–Kier alpha value is -1.90. The summed E-state index contributed by atoms with van der Waals surface area (Å²) in [6.07, 6.45) is 1.43. The lowest BCUT2D eigenvalue weighted by Crippen LogP contribution is -2.38. The molecule has 0 aliphatic rings. The highest BCUT2D eigenvalue weighted by molar-refractivity contribution is 6.45. The van der Waals surface area contributed by atoms with Crippen molar-refractivity contribution in [1.82, 2.24) is 15.9 Å². The zero-order chi connectivity index (χ0) is 19.5. The lowest BCUT2D eigenvalue weighted by molar-refractivity contribution is -0.132. The molecule has 1 aromatic rings. The van der Waals surface area contributed by atoms with E-state index in [1.807, 2.05) is 6.92 Å². The van der Waals surface area contributed by atoms with Crippen LogP contribution in [0.2, 0.25) is 6.82 Å². The van der Waals surface area contributed by atoms with Crippen LogP contribution < -0.4 is 15.9 Å². The van der Waals surface area contributed by atoms with Gasteiger partial charge in [-0.05, 0) is 49.8 Å². The molecule has 0 heterocycles. The summed E-state index contributed by atoms with van der Waals surface area (Å²) in [6, 6.07) is 6.94. The van der Waals surface area contributed by atoms with Crippen LogP contribution in [0, 0.1) is 5.92 Å². The molecule has 5 N–H and O–H groups in total. The Labute approximate surface area is 155 Å². The number of hydrogen-bond donors (Lipinski definition) is 5. The van der Waals surface area contributed by atoms with E-state index >= 15 is 0 Å². The molecular formula is C18H30BN3O4. The van der Waals surface area contributed by atoms with Crippen molar-refractivity contribution in [3.8, 4) is 0 Å². The van der Waals surface area contributed by atoms with Gasteiger partial charge in [-0.2, -0.15) is 0 Å². The molecule has 2 atom stereocenters. The molecule has 0 bridgehead atoms. The third-order valence-electron chi connectivity index (χ3n) is 4.24. The molecule has 7 nitrogen and oxygen atoms in total. The second kappa shape index (κ2) is 11.7. The van der Waals surface area contributed by atoms with Gasteiger partial charge in [0.2, 0.25) is 5.91 Å². The van der Waals surface area contributed by atoms with Crippen molar-refractivity contribution >= 4 is 18.9 Å². The van der Waals surface area contributed by atoms with Crippen molar-refractivity contribution in [3.05, 3.63) is 35.4 Å². The summed E-state index contributed by atoms with van der Waals surface area (Å²) >= 11 is 0. The van der Waals surface area contributed by atoms with Gasteiger partial charge in [0.1, 0.15) is 6.10 Å². The third kappa shape index (κ3) is 7.99. The number of hydrogen-bond acceptors (Lipinski definition) is 5. The van der Waals surface area contributed by atoms with Gasteiger partial charge in [-0.3, -0.25) is 9.59 Å². The van der Waals surface area contributed by atoms with Crippen molar-refractivity contribution < 1.29 is 19.7 Å². The molecule has 2 amide bonds. The van der Waals surface area contributed by atoms with E-state index in [4.69, 9.17) is 5.02 Å². The smallest absolute Gasteiger partial charge is 0.373 e. The van der Waals surface area contributed by atoms with Gasteiger partial charge in [0.15, 0.2) is 0 Å². The minimum absolute atomic E-state index is 0.142. The van der Waals surface area contributed by atoms with Crippen LogP contribution in [0.4, 0.5) is 0 Å². The maximum Gasteiger partial charge on any atom is 0.373 e. The van der Waals surface area contributed by atoms with Gasteiger partial charge in [0, 0.05) is 19.2 Å². The Kier molecular flexibility index (Phi) is 9.94. The third-order valence-corrected chi connectivity index (χ3v) is 4.24. The molecule has 0 aliphatic carbocycles. The number of aliphatic hydroxyl groups excluding tert-OH is 1. The van der Waals surface area contributed by atoms with E-state index in [1.165, 1.54) is 0 Å². The molecule has 144 valence electrons. The molecule has 8 heteroatoms. The summed E-state index contributed by atoms with van der Waals surface area (Å²) in [5.74, 6) is -0.694. The van der Waals surface area contributed by atoms with E-state index in [1.54, 1.807) is 38.1 Å². The summed E-state index contributed by atoms with van der Waals surface area (Å²) in [7, 11) is 1.05. The SMILES string of the molecule is CNC(=O)c1ccc(CNC(=O)C(O)C(C)CCCCNB(C)O)cc1. The summed E-state index contributed by atoms with van der Waals surface area (Å²) in [6.45, 7) is 4.53. The number of amides is 2. The van der Waals surface area contributed by atoms with Gasteiger partial charge >= 0.3 is 7.05 Å². The first-order valence-corrected chi connectivity index (χ1v) is 9.03. The first-order valence-electron chi connectivity index (χ1n) is 9.03. The molecule has 0 aliphatic heterocycles. The second-order valence-corrected chi connectivity index (χ2v) is 6.54. The quantitative estimate of drug-likeness (QED) is 0.291. The Morgan fingerprint density at radius 2 is 1.85 bits per heavy atom. The molecule has 26 heavy (non-hydrogen) atoms. The highest BCUT2D eigenvalue weighted by atomic mass is 16.3. The van der Waals surface area contributed by atoms with E-state index in [0.717, 1.165) is 24.8 Å². The lowest BCUT2D eigenvalue weighted by atomic mass is 9.88. The van der Waals surface area contributed by atoms with Crippen molar-refractivity contribution in [2.24, 2.45) is 5.92 Å². The number of rotatable bonds is 11. The zero-order valence-electron chi connectivity index (χ0n) is 15.8. The molecule has 1 aromatic carbocycles. The van der Waals surface area contributed by atoms with Crippen LogP contribution in [0.3, 0.4) is 0 Å². The maximum absolute atomic E-state index is 12.1. The monoisotopic (exact) mass is 363 g/mol. The molecule has 0 fully saturated rings. The Balaban J connectivity index is 2.33. The average Bonchev–Trinajstić information content (AvgIpc) is 2.64. The van der Waals surface area contributed by atoms with Crippen molar-refractivity contribution in [3.63, 3.8) is 0 Å². The highest BCUT2D eigenvalue weighted by Crippen LogP contribution is 2.13. The van der Waals surface area contributed by atoms with Crippen LogP contribution in [0.1, 0.15) is 42.1 Å². The standard InChI is InChI=1S/C18H30BN3O4/c1-13(6-4-5-11-22-19(2)26)16(23)18(25)21-12-14-7-9-15(10-8-14)17(24)20-3/h7-10,13,16,22-23,26H,4-6,11-12H2,1-3H3,(H,20,24)(H,21,25). The maximum atomic E-state index is 12.1. The van der Waals surface area contributed by atoms with Crippen LogP contribution >= 0.6 is 0 Å². The predicted octanol–water partition coefficient (Wildman–Crippen LogP) is 0.530. The van der Waals surface area contributed by atoms with Crippen molar-refractivity contribution in [1.29, 1.82) is 0 Å². The fourth-order valence-electron chi connectivity index (χ4n) is 2.53. The van der Waals surface area contributed by atoms with E-state index in [2.05, 4.69) is 15.9 Å². The topological polar surface area (TPSA) is 111 Å². The molecule has 1 rings (SSSR count). The highest BCUT2D eigenvalue weighted by Gasteiger charge is 2.21. The van der Waals surface area contributed by atoms with Crippen molar-refractivity contribution in [2.45, 2.75) is 45.7 Å². The number of carbonyl (C=O) groups is 2. The first-order chi connectivity index (χ1) is 12.3. The average molecular weight is 363 g/mol. The van der Waals surface area contributed by atoms with Gasteiger partial charge in [-0.15, -0.1) is 0 Å². The molecule has 0 saturated carbocycles. The van der Waals surface area contributed by atoms with Crippen molar-refractivity contribution in [2.75, 3.05) is 13.6 Å². The normalized spacial score (nSPS) is 13.0. The summed E-state index contributed by atoms with van der Waals surface area (Å²) in [4.78, 5) is 23.6. The molecule has 0 radical (unpaired) electrons. The molecular weight excluding hydrogens is 333 g/mol. The van der Waals surface area contributed by atoms with Gasteiger partial charge in [-0.25, -0.2) is 0 Å². The molecule has 0 aromatic heterocycles. The van der Waals surface area contributed by atoms with Gasteiger partial charge in [0.05, 0.1) is 0 Å². The fraction of sp³-hybridized carbons (Fsp3) is 0.556. The van der Waals surface area contributed by atoms with E-state index in [9.17, 15) is 14.7 Å². The van der Waals surface area contributed by atoms with Crippen LogP contribution in [0.25, 0.3) is 0 Å². The number of unbranched alkanes of at least 4 members (excludes halogenated alkanes) is 1. The summed E-state index contributed by atoms with van der Waals surface area (Å²) in [5.41, 5.74) is 1.41. The number of benzene rings is 1. The molecule has 0 saturated heterocycles. The van der Waals surface area contributed by atoms with E-state index in [-0.39, 0.29) is 11.8 Å². The number of aliphatic hydroxyl groups is 1. The van der Waals surface area contributed by atoms with Crippen LogP contribution in [0.15, 0.2) is 24.3 Å².